The monoisotopic (exact) mass is 924 g/mol. The van der Waals surface area contributed by atoms with Gasteiger partial charge in [0.05, 0.1) is 34.0 Å². The lowest BCUT2D eigenvalue weighted by atomic mass is 10.1. The number of benzene rings is 4. The molecule has 0 atom stereocenters. The van der Waals surface area contributed by atoms with Crippen molar-refractivity contribution in [3.63, 3.8) is 0 Å². The molecule has 0 amide bonds. The Hall–Kier alpha value is -5.77. The van der Waals surface area contributed by atoms with Crippen LogP contribution in [0, 0.1) is 12.0 Å². The summed E-state index contributed by atoms with van der Waals surface area (Å²) in [5.41, 5.74) is 2.02. The fourth-order valence-corrected chi connectivity index (χ4v) is 8.32. The number of azo groups is 2. The highest BCUT2D eigenvalue weighted by Crippen LogP contribution is 2.48. The van der Waals surface area contributed by atoms with Crippen LogP contribution in [0.25, 0.3) is 10.8 Å². The number of hydrogen-bond donors (Lipinski definition) is 7. The first-order valence-electron chi connectivity index (χ1n) is 15.1. The van der Waals surface area contributed by atoms with Gasteiger partial charge in [-0.3, -0.25) is 18.2 Å². The van der Waals surface area contributed by atoms with Crippen molar-refractivity contribution in [3.05, 3.63) is 72.7 Å². The van der Waals surface area contributed by atoms with Gasteiger partial charge >= 0.3 is 16.5 Å². The number of nitrogens with zero attached hydrogens (tertiary/aromatic N) is 6. The maximum Gasteiger partial charge on any atom is 0.397 e. The van der Waals surface area contributed by atoms with Crippen LogP contribution in [-0.4, -0.2) is 87.7 Å². The van der Waals surface area contributed by atoms with Gasteiger partial charge in [0, 0.05) is 11.8 Å². The largest absolute Gasteiger partial charge is 0.505 e. The minimum Gasteiger partial charge on any atom is -0.505 e. The standard InChI is InChI=1S/C28H22F2N8O16S5/c29-21-12-22(34-28(30)33-21)32-15-3-6-18(56(42,43)44)17(11-15)36-38-26-20(58(48,49)50)10-13-9-19(57(45,46)47)25(24(31)23(13)27(26)39)37-35-14-1-4-16(5-2-14)55(40,41)8-7-54-59(51,52)53/h1-6,9-12,39H,7-8,31H2,(H,32,33,34)(H,42,43,44)(H,45,46,47)(H,48,49,50)(H,51,52,53). The van der Waals surface area contributed by atoms with E-state index in [1.54, 1.807) is 0 Å². The van der Waals surface area contributed by atoms with Crippen LogP contribution in [0.4, 0.5) is 48.7 Å². The normalized spacial score (nSPS) is 13.1. The van der Waals surface area contributed by atoms with Crippen molar-refractivity contribution < 1.29 is 78.4 Å². The third-order valence-electron chi connectivity index (χ3n) is 7.35. The Morgan fingerprint density at radius 1 is 0.695 bits per heavy atom. The Bertz CT molecular complexity index is 3150. The predicted octanol–water partition coefficient (Wildman–Crippen LogP) is 4.10. The zero-order chi connectivity index (χ0) is 43.9. The highest BCUT2D eigenvalue weighted by molar-refractivity contribution is 7.91. The first-order chi connectivity index (χ1) is 27.1. The number of nitrogens with two attached hydrogens (primary N) is 1. The van der Waals surface area contributed by atoms with Crippen LogP contribution in [-0.2, 0) is 54.8 Å². The maximum atomic E-state index is 13.6. The summed E-state index contributed by atoms with van der Waals surface area (Å²) in [4.78, 5) is 2.30. The van der Waals surface area contributed by atoms with Crippen molar-refractivity contribution in [2.75, 3.05) is 23.4 Å². The number of phenols is 1. The van der Waals surface area contributed by atoms with Crippen molar-refractivity contribution in [2.24, 2.45) is 20.5 Å². The lowest BCUT2D eigenvalue weighted by Gasteiger charge is -2.14. The Labute approximate surface area is 330 Å². The van der Waals surface area contributed by atoms with Gasteiger partial charge in [-0.25, -0.2) is 12.6 Å². The summed E-state index contributed by atoms with van der Waals surface area (Å²) in [5, 5.41) is 27.0. The average Bonchev–Trinajstić information content (AvgIpc) is 3.08. The second kappa shape index (κ2) is 16.1. The van der Waals surface area contributed by atoms with Crippen LogP contribution in [0.15, 0.2) is 101 Å². The molecule has 8 N–H and O–H groups in total. The summed E-state index contributed by atoms with van der Waals surface area (Å²) in [6, 6.07) is 8.24. The van der Waals surface area contributed by atoms with Crippen molar-refractivity contribution in [2.45, 2.75) is 19.6 Å². The van der Waals surface area contributed by atoms with E-state index in [4.69, 9.17) is 10.3 Å². The van der Waals surface area contributed by atoms with E-state index in [9.17, 15) is 69.6 Å². The quantitative estimate of drug-likeness (QED) is 0.0271. The van der Waals surface area contributed by atoms with E-state index in [0.717, 1.165) is 42.5 Å². The van der Waals surface area contributed by atoms with Crippen LogP contribution in [0.1, 0.15) is 0 Å². The number of aromatic hydroxyl groups is 1. The molecular weight excluding hydrogens is 903 g/mol. The number of sulfone groups is 1. The molecule has 59 heavy (non-hydrogen) atoms. The van der Waals surface area contributed by atoms with Gasteiger partial charge in [-0.05, 0) is 60.0 Å². The molecule has 0 spiro atoms. The first-order valence-corrected chi connectivity index (χ1v) is 22.4. The second-order valence-corrected chi connectivity index (χ2v) is 18.7. The molecular formula is C28H22F2N8O16S5. The number of halogens is 2. The lowest BCUT2D eigenvalue weighted by molar-refractivity contribution is 0.284. The molecule has 5 rings (SSSR count). The molecule has 24 nitrogen and oxygen atoms in total. The molecule has 5 aromatic rings. The van der Waals surface area contributed by atoms with Crippen LogP contribution in [0.5, 0.6) is 5.75 Å². The molecule has 0 radical (unpaired) electrons. The molecule has 0 aliphatic heterocycles. The minimum absolute atomic E-state index is 0.194. The van der Waals surface area contributed by atoms with Crippen LogP contribution in [0.3, 0.4) is 0 Å². The smallest absolute Gasteiger partial charge is 0.397 e. The molecule has 1 heterocycles. The van der Waals surface area contributed by atoms with Crippen LogP contribution in [0.2, 0.25) is 0 Å². The summed E-state index contributed by atoms with van der Waals surface area (Å²) in [6.45, 7) is -0.933. The molecule has 1 aromatic heterocycles. The third-order valence-corrected chi connectivity index (χ3v) is 12.1. The molecule has 4 aromatic carbocycles. The van der Waals surface area contributed by atoms with E-state index in [1.807, 2.05) is 0 Å². The predicted molar refractivity (Wildman–Crippen MR) is 195 cm³/mol. The number of nitrogen functional groups attached to an aromatic ring is 1. The SMILES string of the molecule is Nc1c(N=Nc2ccc(S(=O)(=O)CCOS(=O)(=O)O)cc2)c(S(=O)(=O)O)cc2cc(S(=O)(=O)O)c(N=Nc3cc(Nc4cc(F)nc(F)n4)ccc3S(=O)(=O)O)c(O)c12. The van der Waals surface area contributed by atoms with E-state index >= 15 is 0 Å². The average molecular weight is 925 g/mol. The third kappa shape index (κ3) is 10.7. The van der Waals surface area contributed by atoms with Gasteiger partial charge in [-0.1, -0.05) is 0 Å². The Balaban J connectivity index is 1.63. The number of nitrogens with one attached hydrogen (secondary N) is 1. The van der Waals surface area contributed by atoms with Crippen LogP contribution < -0.4 is 11.1 Å². The Morgan fingerprint density at radius 3 is 1.83 bits per heavy atom. The van der Waals surface area contributed by atoms with E-state index in [2.05, 4.69) is 39.9 Å². The summed E-state index contributed by atoms with van der Waals surface area (Å²) < 4.78 is 190. The second-order valence-electron chi connectivity index (χ2n) is 11.3. The molecule has 0 aliphatic rings. The molecule has 0 bridgehead atoms. The summed E-state index contributed by atoms with van der Waals surface area (Å²) >= 11 is 0. The van der Waals surface area contributed by atoms with E-state index in [-0.39, 0.29) is 16.3 Å². The number of phenolic OH excluding ortho intramolecular Hbond substituents is 1. The zero-order valence-corrected chi connectivity index (χ0v) is 32.6. The van der Waals surface area contributed by atoms with Crippen molar-refractivity contribution >= 4 is 101 Å². The fraction of sp³-hybridized carbons (Fsp3) is 0.0714. The highest BCUT2D eigenvalue weighted by atomic mass is 32.3. The molecule has 0 saturated heterocycles. The number of rotatable bonds is 14. The van der Waals surface area contributed by atoms with Gasteiger partial charge in [0.15, 0.2) is 15.6 Å². The van der Waals surface area contributed by atoms with E-state index in [0.29, 0.717) is 18.2 Å². The van der Waals surface area contributed by atoms with E-state index < -0.39 is 135 Å². The molecule has 0 aliphatic carbocycles. The maximum absolute atomic E-state index is 13.6. The van der Waals surface area contributed by atoms with E-state index in [1.165, 1.54) is 0 Å². The topological polar surface area (TPSA) is 394 Å². The highest BCUT2D eigenvalue weighted by Gasteiger charge is 2.28. The van der Waals surface area contributed by atoms with Crippen molar-refractivity contribution in [3.8, 4) is 5.75 Å². The van der Waals surface area contributed by atoms with Gasteiger partial charge in [-0.15, -0.1) is 15.3 Å². The van der Waals surface area contributed by atoms with Crippen LogP contribution >= 0.6 is 0 Å². The molecule has 0 unspecified atom stereocenters. The Kier molecular flexibility index (Phi) is 12.1. The van der Waals surface area contributed by atoms with Gasteiger partial charge in [0.1, 0.15) is 37.6 Å². The fourth-order valence-electron chi connectivity index (χ4n) is 4.90. The Morgan fingerprint density at radius 2 is 1.27 bits per heavy atom. The van der Waals surface area contributed by atoms with Gasteiger partial charge < -0.3 is 16.2 Å². The molecule has 31 heteroatoms. The first kappa shape index (κ1) is 44.3. The zero-order valence-electron chi connectivity index (χ0n) is 28.5. The summed E-state index contributed by atoms with van der Waals surface area (Å²) in [5.74, 6) is -3.96. The number of fused-ring (bicyclic) bond motifs is 1. The van der Waals surface area contributed by atoms with Crippen molar-refractivity contribution in [1.82, 2.24) is 9.97 Å². The van der Waals surface area contributed by atoms with Gasteiger partial charge in [0.2, 0.25) is 5.95 Å². The number of hydrogen-bond acceptors (Lipinski definition) is 20. The van der Waals surface area contributed by atoms with Gasteiger partial charge in [-0.2, -0.15) is 57.5 Å². The molecule has 0 saturated carbocycles. The molecule has 0 fully saturated rings. The molecule has 314 valence electrons. The number of anilines is 3. The van der Waals surface area contributed by atoms with Crippen molar-refractivity contribution in [1.29, 1.82) is 0 Å². The lowest BCUT2D eigenvalue weighted by Crippen LogP contribution is -2.15. The van der Waals surface area contributed by atoms with Gasteiger partial charge in [0.25, 0.3) is 30.4 Å². The minimum atomic E-state index is -5.45. The summed E-state index contributed by atoms with van der Waals surface area (Å²) in [7, 11) is -25.0. The summed E-state index contributed by atoms with van der Waals surface area (Å²) in [6.07, 6.45) is -1.49. The number of aromatic nitrogens is 2.